The van der Waals surface area contributed by atoms with Crippen LogP contribution in [0.25, 0.3) is 0 Å². The molecule has 1 rings (SSSR count). The van der Waals surface area contributed by atoms with Gasteiger partial charge in [-0.25, -0.2) is 0 Å². The summed E-state index contributed by atoms with van der Waals surface area (Å²) < 4.78 is 0. The summed E-state index contributed by atoms with van der Waals surface area (Å²) in [6.45, 7) is 6.15. The first-order chi connectivity index (χ1) is 7.15. The highest BCUT2D eigenvalue weighted by Gasteiger charge is 2.06. The molecule has 2 nitrogen and oxygen atoms in total. The van der Waals surface area contributed by atoms with Crippen molar-refractivity contribution in [3.05, 3.63) is 29.8 Å². The number of para-hydroxylation sites is 1. The van der Waals surface area contributed by atoms with Crippen molar-refractivity contribution in [1.82, 2.24) is 0 Å². The molecule has 1 aromatic carbocycles. The number of nitrogens with zero attached hydrogens (tertiary/aromatic N) is 1. The zero-order valence-corrected chi connectivity index (χ0v) is 10.2. The summed E-state index contributed by atoms with van der Waals surface area (Å²) in [4.78, 5) is 2.89. The monoisotopic (exact) mass is 222 g/mol. The van der Waals surface area contributed by atoms with Crippen LogP contribution < -0.4 is 10.6 Å². The van der Waals surface area contributed by atoms with Crippen LogP contribution in [0, 0.1) is 6.92 Å². The predicted molar refractivity (Wildman–Crippen MR) is 70.5 cm³/mol. The molecule has 82 valence electrons. The number of thiocarbonyl (C=S) groups is 1. The Morgan fingerprint density at radius 2 is 2.07 bits per heavy atom. The summed E-state index contributed by atoms with van der Waals surface area (Å²) in [6, 6.07) is 8.38. The SMILES string of the molecule is CCN(CCC(N)=S)c1ccccc1C. The van der Waals surface area contributed by atoms with Gasteiger partial charge in [-0.15, -0.1) is 0 Å². The third kappa shape index (κ3) is 3.51. The molecular weight excluding hydrogens is 204 g/mol. The van der Waals surface area contributed by atoms with Gasteiger partial charge < -0.3 is 10.6 Å². The van der Waals surface area contributed by atoms with Gasteiger partial charge in [0, 0.05) is 25.2 Å². The fourth-order valence-corrected chi connectivity index (χ4v) is 1.70. The molecule has 0 atom stereocenters. The third-order valence-corrected chi connectivity index (χ3v) is 2.67. The van der Waals surface area contributed by atoms with Gasteiger partial charge in [0.05, 0.1) is 4.99 Å². The van der Waals surface area contributed by atoms with E-state index in [2.05, 4.69) is 43.0 Å². The maximum atomic E-state index is 5.52. The molecule has 0 amide bonds. The van der Waals surface area contributed by atoms with Gasteiger partial charge in [0.15, 0.2) is 0 Å². The summed E-state index contributed by atoms with van der Waals surface area (Å²) in [5, 5.41) is 0. The fraction of sp³-hybridized carbons (Fsp3) is 0.417. The largest absolute Gasteiger partial charge is 0.393 e. The molecule has 0 aromatic heterocycles. The number of anilines is 1. The summed E-state index contributed by atoms with van der Waals surface area (Å²) in [6.07, 6.45) is 0.775. The Balaban J connectivity index is 2.74. The van der Waals surface area contributed by atoms with Crippen LogP contribution in [-0.2, 0) is 0 Å². The first kappa shape index (κ1) is 12.0. The molecule has 0 saturated carbocycles. The van der Waals surface area contributed by atoms with E-state index < -0.39 is 0 Å². The van der Waals surface area contributed by atoms with E-state index in [0.29, 0.717) is 4.99 Å². The highest BCUT2D eigenvalue weighted by atomic mass is 32.1. The maximum absolute atomic E-state index is 5.52. The average Bonchev–Trinajstić information content (AvgIpc) is 2.21. The van der Waals surface area contributed by atoms with E-state index >= 15 is 0 Å². The van der Waals surface area contributed by atoms with Crippen LogP contribution in [0.2, 0.25) is 0 Å². The number of hydrogen-bond acceptors (Lipinski definition) is 2. The molecule has 0 aliphatic carbocycles. The Hall–Kier alpha value is -1.09. The Bertz CT molecular complexity index is 336. The van der Waals surface area contributed by atoms with Crippen LogP contribution in [0.5, 0.6) is 0 Å². The number of aryl methyl sites for hydroxylation is 1. The summed E-state index contributed by atoms with van der Waals surface area (Å²) in [5.74, 6) is 0. The minimum absolute atomic E-state index is 0.585. The molecule has 0 bridgehead atoms. The Morgan fingerprint density at radius 3 is 2.60 bits per heavy atom. The molecule has 0 heterocycles. The van der Waals surface area contributed by atoms with E-state index in [0.717, 1.165) is 19.5 Å². The molecule has 3 heteroatoms. The van der Waals surface area contributed by atoms with Crippen LogP contribution in [0.1, 0.15) is 18.9 Å². The van der Waals surface area contributed by atoms with Crippen LogP contribution in [0.4, 0.5) is 5.69 Å². The van der Waals surface area contributed by atoms with Crippen molar-refractivity contribution >= 4 is 22.9 Å². The van der Waals surface area contributed by atoms with E-state index in [1.54, 1.807) is 0 Å². The molecule has 0 unspecified atom stereocenters. The van der Waals surface area contributed by atoms with Crippen LogP contribution in [-0.4, -0.2) is 18.1 Å². The van der Waals surface area contributed by atoms with E-state index in [-0.39, 0.29) is 0 Å². The molecular formula is C12H18N2S. The number of rotatable bonds is 5. The van der Waals surface area contributed by atoms with Crippen molar-refractivity contribution in [2.24, 2.45) is 5.73 Å². The van der Waals surface area contributed by atoms with Crippen molar-refractivity contribution < 1.29 is 0 Å². The van der Waals surface area contributed by atoms with Crippen molar-refractivity contribution in [3.8, 4) is 0 Å². The first-order valence-electron chi connectivity index (χ1n) is 5.24. The molecule has 0 saturated heterocycles. The lowest BCUT2D eigenvalue weighted by molar-refractivity contribution is 0.833. The van der Waals surface area contributed by atoms with Gasteiger partial charge in [0.2, 0.25) is 0 Å². The highest BCUT2D eigenvalue weighted by molar-refractivity contribution is 7.80. The third-order valence-electron chi connectivity index (χ3n) is 2.47. The lowest BCUT2D eigenvalue weighted by Gasteiger charge is -2.24. The minimum atomic E-state index is 0.585. The fourth-order valence-electron chi connectivity index (χ4n) is 1.61. The van der Waals surface area contributed by atoms with Gasteiger partial charge >= 0.3 is 0 Å². The quantitative estimate of drug-likeness (QED) is 0.776. The second-order valence-electron chi connectivity index (χ2n) is 3.58. The molecule has 0 aliphatic heterocycles. The smallest absolute Gasteiger partial charge is 0.0745 e. The molecule has 1 aromatic rings. The Kier molecular flexibility index (Phi) is 4.56. The second-order valence-corrected chi connectivity index (χ2v) is 4.11. The summed E-state index contributed by atoms with van der Waals surface area (Å²) in [5.41, 5.74) is 8.08. The number of benzene rings is 1. The predicted octanol–water partition coefficient (Wildman–Crippen LogP) is 2.50. The molecule has 0 spiro atoms. The van der Waals surface area contributed by atoms with Gasteiger partial charge in [0.25, 0.3) is 0 Å². The van der Waals surface area contributed by atoms with Gasteiger partial charge in [0.1, 0.15) is 0 Å². The van der Waals surface area contributed by atoms with E-state index in [9.17, 15) is 0 Å². The van der Waals surface area contributed by atoms with E-state index in [1.807, 2.05) is 0 Å². The lowest BCUT2D eigenvalue weighted by atomic mass is 10.1. The van der Waals surface area contributed by atoms with Gasteiger partial charge in [-0.2, -0.15) is 0 Å². The lowest BCUT2D eigenvalue weighted by Crippen LogP contribution is -2.27. The maximum Gasteiger partial charge on any atom is 0.0745 e. The van der Waals surface area contributed by atoms with Gasteiger partial charge in [-0.05, 0) is 25.5 Å². The molecule has 0 aliphatic rings. The Labute approximate surface area is 97.1 Å². The minimum Gasteiger partial charge on any atom is -0.393 e. The summed E-state index contributed by atoms with van der Waals surface area (Å²) in [7, 11) is 0. The normalized spacial score (nSPS) is 10.0. The number of hydrogen-bond donors (Lipinski definition) is 1. The summed E-state index contributed by atoms with van der Waals surface area (Å²) >= 11 is 4.90. The Morgan fingerprint density at radius 1 is 1.40 bits per heavy atom. The zero-order valence-electron chi connectivity index (χ0n) is 9.36. The molecule has 0 fully saturated rings. The molecule has 0 radical (unpaired) electrons. The zero-order chi connectivity index (χ0) is 11.3. The van der Waals surface area contributed by atoms with Crippen molar-refractivity contribution in [3.63, 3.8) is 0 Å². The molecule has 2 N–H and O–H groups in total. The van der Waals surface area contributed by atoms with E-state index in [4.69, 9.17) is 18.0 Å². The average molecular weight is 222 g/mol. The van der Waals surface area contributed by atoms with Crippen LogP contribution in [0.15, 0.2) is 24.3 Å². The standard InChI is InChI=1S/C12H18N2S/c1-3-14(9-8-12(13)15)11-7-5-4-6-10(11)2/h4-7H,3,8-9H2,1-2H3,(H2,13,15). The first-order valence-corrected chi connectivity index (χ1v) is 5.65. The highest BCUT2D eigenvalue weighted by Crippen LogP contribution is 2.19. The van der Waals surface area contributed by atoms with E-state index in [1.165, 1.54) is 11.3 Å². The van der Waals surface area contributed by atoms with Gasteiger partial charge in [-0.1, -0.05) is 30.4 Å². The van der Waals surface area contributed by atoms with Crippen LogP contribution >= 0.6 is 12.2 Å². The van der Waals surface area contributed by atoms with Crippen molar-refractivity contribution in [2.45, 2.75) is 20.3 Å². The number of nitrogens with two attached hydrogens (primary N) is 1. The molecule has 15 heavy (non-hydrogen) atoms. The van der Waals surface area contributed by atoms with Crippen molar-refractivity contribution in [1.29, 1.82) is 0 Å². The topological polar surface area (TPSA) is 29.3 Å². The van der Waals surface area contributed by atoms with Gasteiger partial charge in [-0.3, -0.25) is 0 Å². The van der Waals surface area contributed by atoms with Crippen LogP contribution in [0.3, 0.4) is 0 Å². The van der Waals surface area contributed by atoms with Crippen molar-refractivity contribution in [2.75, 3.05) is 18.0 Å². The second kappa shape index (κ2) is 5.71.